The molecule has 2 aromatic carbocycles. The van der Waals surface area contributed by atoms with E-state index in [1.54, 1.807) is 0 Å². The first-order valence-corrected chi connectivity index (χ1v) is 14.0. The largest absolute Gasteiger partial charge is 0.494 e. The Morgan fingerprint density at radius 1 is 0.778 bits per heavy atom. The number of hydrogen-bond donors (Lipinski definition) is 1. The lowest BCUT2D eigenvalue weighted by molar-refractivity contribution is 0.108. The Morgan fingerprint density at radius 2 is 1.42 bits per heavy atom. The zero-order valence-corrected chi connectivity index (χ0v) is 22.0. The Morgan fingerprint density at radius 3 is 2.11 bits per heavy atom. The first kappa shape index (κ1) is 28.0. The predicted molar refractivity (Wildman–Crippen MR) is 149 cm³/mol. The van der Waals surface area contributed by atoms with Crippen molar-refractivity contribution >= 4 is 6.34 Å². The van der Waals surface area contributed by atoms with Gasteiger partial charge in [0.15, 0.2) is 0 Å². The molecule has 0 radical (unpaired) electrons. The molecule has 1 aliphatic rings. The van der Waals surface area contributed by atoms with Gasteiger partial charge in [-0.15, -0.1) is 0 Å². The highest BCUT2D eigenvalue weighted by Gasteiger charge is 2.18. The van der Waals surface area contributed by atoms with E-state index in [9.17, 15) is 0 Å². The van der Waals surface area contributed by atoms with Gasteiger partial charge in [-0.1, -0.05) is 88.1 Å². The van der Waals surface area contributed by atoms with Gasteiger partial charge in [0, 0.05) is 6.61 Å². The molecule has 5 nitrogen and oxygen atoms in total. The first-order valence-electron chi connectivity index (χ1n) is 14.0. The summed E-state index contributed by atoms with van der Waals surface area (Å²) in [5.74, 6) is 2.57. The maximum absolute atomic E-state index is 5.93. The Balaban J connectivity index is 1.14. The number of aliphatic imine (C=N–C) groups is 1. The molecule has 2 N–H and O–H groups in total. The molecule has 3 rings (SSSR count). The molecule has 0 bridgehead atoms. The van der Waals surface area contributed by atoms with Crippen LogP contribution in [0.5, 0.6) is 11.5 Å². The highest BCUT2D eigenvalue weighted by atomic mass is 16.5. The van der Waals surface area contributed by atoms with Crippen molar-refractivity contribution in [2.24, 2.45) is 16.6 Å². The Bertz CT molecular complexity index is 819. The van der Waals surface area contributed by atoms with Gasteiger partial charge < -0.3 is 19.9 Å². The van der Waals surface area contributed by atoms with Gasteiger partial charge in [-0.2, -0.15) is 0 Å². The minimum Gasteiger partial charge on any atom is -0.494 e. The lowest BCUT2D eigenvalue weighted by Gasteiger charge is -2.24. The second-order valence-electron chi connectivity index (χ2n) is 9.98. The van der Waals surface area contributed by atoms with Crippen LogP contribution in [0.1, 0.15) is 82.6 Å². The highest BCUT2D eigenvalue weighted by molar-refractivity contribution is 5.51. The molecule has 1 unspecified atom stereocenters. The van der Waals surface area contributed by atoms with E-state index in [2.05, 4.69) is 17.1 Å². The maximum atomic E-state index is 5.93. The summed E-state index contributed by atoms with van der Waals surface area (Å²) in [7, 11) is 0. The Hall–Kier alpha value is -2.53. The van der Waals surface area contributed by atoms with E-state index < -0.39 is 0 Å². The fourth-order valence-corrected chi connectivity index (χ4v) is 4.90. The van der Waals surface area contributed by atoms with Gasteiger partial charge >= 0.3 is 0 Å². The molecule has 0 saturated heterocycles. The van der Waals surface area contributed by atoms with Crippen LogP contribution in [0.4, 0.5) is 0 Å². The van der Waals surface area contributed by atoms with Gasteiger partial charge in [0.25, 0.3) is 0 Å². The average molecular weight is 495 g/mol. The molecule has 198 valence electrons. The molecule has 0 spiro atoms. The van der Waals surface area contributed by atoms with Crippen molar-refractivity contribution in [2.45, 2.75) is 89.7 Å². The molecule has 0 heterocycles. The van der Waals surface area contributed by atoms with Crippen LogP contribution in [0.3, 0.4) is 0 Å². The quantitative estimate of drug-likeness (QED) is 0.134. The molecule has 0 amide bonds. The van der Waals surface area contributed by atoms with E-state index in [0.717, 1.165) is 49.9 Å². The normalized spacial score (nSPS) is 15.2. The Kier molecular flexibility index (Phi) is 13.9. The summed E-state index contributed by atoms with van der Waals surface area (Å²) in [5.41, 5.74) is 6.73. The smallest absolute Gasteiger partial charge is 0.120 e. The fraction of sp³-hybridized carbons (Fsp3) is 0.581. The SMILES string of the molecule is NC=NC(COCCCCCCCCOc1ccc(OCc2ccccc2)cc1)CC1CCCCC1. The summed E-state index contributed by atoms with van der Waals surface area (Å²) in [6, 6.07) is 18.4. The van der Waals surface area contributed by atoms with Gasteiger partial charge in [0.1, 0.15) is 18.1 Å². The standard InChI is InChI=1S/C31H46N2O3/c32-26-33-29(23-27-13-7-5-8-14-27)25-34-21-11-3-1-2-4-12-22-35-30-17-19-31(20-18-30)36-24-28-15-9-6-10-16-28/h6,9-10,15-20,26-27,29H,1-5,7-8,11-14,21-25H2,(H2,32,33). The van der Waals surface area contributed by atoms with Crippen molar-refractivity contribution in [1.82, 2.24) is 0 Å². The molecular formula is C31H46N2O3. The third-order valence-electron chi connectivity index (χ3n) is 6.96. The summed E-state index contributed by atoms with van der Waals surface area (Å²) in [6.07, 6.45) is 16.5. The van der Waals surface area contributed by atoms with Crippen molar-refractivity contribution in [2.75, 3.05) is 19.8 Å². The third kappa shape index (κ3) is 11.9. The molecule has 1 atom stereocenters. The molecule has 1 saturated carbocycles. The number of ether oxygens (including phenoxy) is 3. The maximum Gasteiger partial charge on any atom is 0.120 e. The number of hydrogen-bond acceptors (Lipinski definition) is 4. The van der Waals surface area contributed by atoms with Crippen LogP contribution in [-0.4, -0.2) is 32.2 Å². The second kappa shape index (κ2) is 17.8. The predicted octanol–water partition coefficient (Wildman–Crippen LogP) is 7.33. The first-order chi connectivity index (χ1) is 17.8. The number of nitrogens with zero attached hydrogens (tertiary/aromatic N) is 1. The lowest BCUT2D eigenvalue weighted by Crippen LogP contribution is -2.21. The molecule has 2 aromatic rings. The lowest BCUT2D eigenvalue weighted by atomic mass is 9.85. The van der Waals surface area contributed by atoms with Crippen LogP contribution in [0.2, 0.25) is 0 Å². The van der Waals surface area contributed by atoms with Gasteiger partial charge in [-0.3, -0.25) is 4.99 Å². The average Bonchev–Trinajstić information content (AvgIpc) is 2.92. The number of unbranched alkanes of at least 4 members (excludes halogenated alkanes) is 5. The summed E-state index contributed by atoms with van der Waals surface area (Å²) >= 11 is 0. The second-order valence-corrected chi connectivity index (χ2v) is 9.98. The summed E-state index contributed by atoms with van der Waals surface area (Å²) < 4.78 is 17.6. The monoisotopic (exact) mass is 494 g/mol. The minimum absolute atomic E-state index is 0.233. The topological polar surface area (TPSA) is 66.1 Å². The highest BCUT2D eigenvalue weighted by Crippen LogP contribution is 2.28. The van der Waals surface area contributed by atoms with Gasteiger partial charge in [0.05, 0.1) is 25.6 Å². The van der Waals surface area contributed by atoms with Crippen LogP contribution in [0, 0.1) is 5.92 Å². The van der Waals surface area contributed by atoms with Crippen LogP contribution >= 0.6 is 0 Å². The van der Waals surface area contributed by atoms with E-state index in [4.69, 9.17) is 19.9 Å². The third-order valence-corrected chi connectivity index (χ3v) is 6.96. The fourth-order valence-electron chi connectivity index (χ4n) is 4.90. The molecule has 1 fully saturated rings. The van der Waals surface area contributed by atoms with E-state index in [1.807, 2.05) is 42.5 Å². The zero-order valence-electron chi connectivity index (χ0n) is 22.0. The summed E-state index contributed by atoms with van der Waals surface area (Å²) in [4.78, 5) is 4.45. The van der Waals surface area contributed by atoms with Crippen molar-refractivity contribution in [3.05, 3.63) is 60.2 Å². The molecular weight excluding hydrogens is 448 g/mol. The molecule has 0 aromatic heterocycles. The number of benzene rings is 2. The van der Waals surface area contributed by atoms with Gasteiger partial charge in [-0.05, 0) is 55.0 Å². The van der Waals surface area contributed by atoms with E-state index in [1.165, 1.54) is 69.7 Å². The van der Waals surface area contributed by atoms with Crippen LogP contribution in [-0.2, 0) is 11.3 Å². The van der Waals surface area contributed by atoms with E-state index in [0.29, 0.717) is 13.2 Å². The summed E-state index contributed by atoms with van der Waals surface area (Å²) in [6.45, 7) is 2.88. The molecule has 0 aliphatic heterocycles. The van der Waals surface area contributed by atoms with Gasteiger partial charge in [0.2, 0.25) is 0 Å². The molecule has 5 heteroatoms. The van der Waals surface area contributed by atoms with E-state index in [-0.39, 0.29) is 6.04 Å². The Labute approximate surface area is 218 Å². The summed E-state index contributed by atoms with van der Waals surface area (Å²) in [5, 5.41) is 0. The zero-order chi connectivity index (χ0) is 25.1. The number of nitrogens with two attached hydrogens (primary N) is 1. The van der Waals surface area contributed by atoms with Crippen molar-refractivity contribution in [3.8, 4) is 11.5 Å². The van der Waals surface area contributed by atoms with Crippen LogP contribution < -0.4 is 15.2 Å². The van der Waals surface area contributed by atoms with E-state index >= 15 is 0 Å². The van der Waals surface area contributed by atoms with Crippen molar-refractivity contribution < 1.29 is 14.2 Å². The molecule has 1 aliphatic carbocycles. The van der Waals surface area contributed by atoms with Crippen LogP contribution in [0.15, 0.2) is 59.6 Å². The van der Waals surface area contributed by atoms with Gasteiger partial charge in [-0.25, -0.2) is 0 Å². The minimum atomic E-state index is 0.233. The number of rotatable bonds is 18. The molecule has 36 heavy (non-hydrogen) atoms. The van der Waals surface area contributed by atoms with Crippen molar-refractivity contribution in [3.63, 3.8) is 0 Å². The van der Waals surface area contributed by atoms with Crippen molar-refractivity contribution in [1.29, 1.82) is 0 Å². The van der Waals surface area contributed by atoms with Crippen LogP contribution in [0.25, 0.3) is 0 Å².